The summed E-state index contributed by atoms with van der Waals surface area (Å²) in [6.07, 6.45) is 5.75. The number of alkyl carbamates (subject to hydrolysis) is 1. The Hall–Kier alpha value is -2.61. The van der Waals surface area contributed by atoms with Crippen LogP contribution < -0.4 is 10.6 Å². The summed E-state index contributed by atoms with van der Waals surface area (Å²) in [6, 6.07) is 3.75. The van der Waals surface area contributed by atoms with Crippen LogP contribution in [0.2, 0.25) is 0 Å². The van der Waals surface area contributed by atoms with Gasteiger partial charge in [0.25, 0.3) is 0 Å². The number of ether oxygens (including phenoxy) is 1. The zero-order valence-corrected chi connectivity index (χ0v) is 24.0. The largest absolute Gasteiger partial charge is 0.444 e. The first kappa shape index (κ1) is 32.4. The van der Waals surface area contributed by atoms with Gasteiger partial charge in [0.15, 0.2) is 0 Å². The van der Waals surface area contributed by atoms with Crippen molar-refractivity contribution >= 4 is 17.9 Å². The van der Waals surface area contributed by atoms with E-state index in [0.29, 0.717) is 25.1 Å². The van der Waals surface area contributed by atoms with E-state index in [9.17, 15) is 19.5 Å². The molecule has 1 aromatic rings. The van der Waals surface area contributed by atoms with Crippen LogP contribution >= 0.6 is 0 Å². The maximum atomic E-state index is 13.8. The fraction of sp³-hybridized carbons (Fsp3) is 0.690. The molecule has 1 aromatic carbocycles. The number of nitrogens with zero attached hydrogens (tertiary/aromatic N) is 1. The molecule has 210 valence electrons. The minimum Gasteiger partial charge on any atom is -0.444 e. The molecule has 0 heterocycles. The number of nitrogens with one attached hydrogen (secondary N) is 2. The molecule has 0 bridgehead atoms. The van der Waals surface area contributed by atoms with E-state index < -0.39 is 36.3 Å². The summed E-state index contributed by atoms with van der Waals surface area (Å²) < 4.78 is 5.30. The number of aliphatic hydroxyl groups is 1. The van der Waals surface area contributed by atoms with E-state index in [1.807, 2.05) is 32.0 Å². The molecule has 3 N–H and O–H groups in total. The van der Waals surface area contributed by atoms with E-state index in [1.165, 1.54) is 4.90 Å². The number of unbranched alkanes of at least 4 members (excludes halogenated alkanes) is 5. The Kier molecular flexibility index (Phi) is 14.3. The molecule has 3 amide bonds. The molecular formula is C29H49N3O5. The number of aryl methyl sites for hydroxylation is 2. The van der Waals surface area contributed by atoms with E-state index in [1.54, 1.807) is 20.8 Å². The van der Waals surface area contributed by atoms with Crippen molar-refractivity contribution in [1.82, 2.24) is 15.5 Å². The molecular weight excluding hydrogens is 470 g/mol. The lowest BCUT2D eigenvalue weighted by Crippen LogP contribution is -2.54. The molecule has 0 aliphatic heterocycles. The lowest BCUT2D eigenvalue weighted by molar-refractivity contribution is -0.143. The maximum Gasteiger partial charge on any atom is 0.408 e. The second-order valence-corrected chi connectivity index (χ2v) is 10.8. The molecule has 0 saturated carbocycles. The number of benzene rings is 1. The van der Waals surface area contributed by atoms with Gasteiger partial charge in [-0.2, -0.15) is 0 Å². The Morgan fingerprint density at radius 1 is 0.946 bits per heavy atom. The van der Waals surface area contributed by atoms with Crippen molar-refractivity contribution in [2.24, 2.45) is 0 Å². The van der Waals surface area contributed by atoms with Crippen LogP contribution in [0.3, 0.4) is 0 Å². The fourth-order valence-corrected chi connectivity index (χ4v) is 4.23. The predicted octanol–water partition coefficient (Wildman–Crippen LogP) is 4.95. The van der Waals surface area contributed by atoms with Gasteiger partial charge in [-0.15, -0.1) is 0 Å². The number of rotatable bonds is 15. The van der Waals surface area contributed by atoms with Crippen LogP contribution in [0.4, 0.5) is 4.79 Å². The van der Waals surface area contributed by atoms with Gasteiger partial charge < -0.3 is 25.4 Å². The SMILES string of the molecule is CCCCCCN(C(=O)C(CO)NC(=O)OC(C)(C)C)C(C(=O)NCCCCC)c1cc(C)cc(C)c1. The first-order valence-corrected chi connectivity index (χ1v) is 13.7. The Morgan fingerprint density at radius 3 is 2.08 bits per heavy atom. The molecule has 2 unspecified atom stereocenters. The maximum absolute atomic E-state index is 13.8. The molecule has 2 atom stereocenters. The standard InChI is InChI=1S/C29H49N3O5/c1-8-10-12-14-16-32(27(35)24(20-33)31-28(36)37-29(5,6)7)25(26(34)30-15-13-11-9-2)23-18-21(3)17-22(4)19-23/h17-19,24-25,33H,8-16,20H2,1-7H3,(H,30,34)(H,31,36). The van der Waals surface area contributed by atoms with Crippen molar-refractivity contribution in [3.8, 4) is 0 Å². The minimum absolute atomic E-state index is 0.265. The van der Waals surface area contributed by atoms with Crippen LogP contribution in [0.1, 0.15) is 102 Å². The smallest absolute Gasteiger partial charge is 0.408 e. The summed E-state index contributed by atoms with van der Waals surface area (Å²) in [4.78, 5) is 41.4. The van der Waals surface area contributed by atoms with Crippen molar-refractivity contribution in [1.29, 1.82) is 0 Å². The Bertz CT molecular complexity index is 845. The van der Waals surface area contributed by atoms with Crippen molar-refractivity contribution in [2.45, 2.75) is 111 Å². The molecule has 0 aliphatic rings. The Labute approximate surface area is 223 Å². The lowest BCUT2D eigenvalue weighted by Gasteiger charge is -2.34. The second kappa shape index (κ2) is 16.3. The number of carbonyl (C=O) groups excluding carboxylic acids is 3. The first-order chi connectivity index (χ1) is 17.4. The lowest BCUT2D eigenvalue weighted by atomic mass is 9.98. The number of hydrogen-bond donors (Lipinski definition) is 3. The van der Waals surface area contributed by atoms with Crippen molar-refractivity contribution in [3.63, 3.8) is 0 Å². The van der Waals surface area contributed by atoms with E-state index in [4.69, 9.17) is 4.74 Å². The van der Waals surface area contributed by atoms with Gasteiger partial charge in [0.2, 0.25) is 11.8 Å². The highest BCUT2D eigenvalue weighted by molar-refractivity contribution is 5.92. The number of aliphatic hydroxyl groups excluding tert-OH is 1. The second-order valence-electron chi connectivity index (χ2n) is 10.8. The van der Waals surface area contributed by atoms with Gasteiger partial charge in [-0.05, 0) is 53.0 Å². The zero-order valence-electron chi connectivity index (χ0n) is 24.0. The van der Waals surface area contributed by atoms with Gasteiger partial charge in [0.05, 0.1) is 6.61 Å². The zero-order chi connectivity index (χ0) is 28.0. The van der Waals surface area contributed by atoms with Crippen LogP contribution in [-0.4, -0.2) is 59.3 Å². The highest BCUT2D eigenvalue weighted by Gasteiger charge is 2.36. The third-order valence-electron chi connectivity index (χ3n) is 5.91. The summed E-state index contributed by atoms with van der Waals surface area (Å²) in [5, 5.41) is 15.6. The molecule has 0 aliphatic carbocycles. The average Bonchev–Trinajstić information content (AvgIpc) is 2.80. The van der Waals surface area contributed by atoms with Crippen LogP contribution in [0.5, 0.6) is 0 Å². The summed E-state index contributed by atoms with van der Waals surface area (Å²) in [5.74, 6) is -0.781. The summed E-state index contributed by atoms with van der Waals surface area (Å²) in [5.41, 5.74) is 1.93. The highest BCUT2D eigenvalue weighted by atomic mass is 16.6. The molecule has 0 fully saturated rings. The summed E-state index contributed by atoms with van der Waals surface area (Å²) in [7, 11) is 0. The molecule has 0 saturated heterocycles. The number of amides is 3. The van der Waals surface area contributed by atoms with Crippen molar-refractivity contribution in [3.05, 3.63) is 34.9 Å². The van der Waals surface area contributed by atoms with E-state index >= 15 is 0 Å². The van der Waals surface area contributed by atoms with Gasteiger partial charge in [-0.1, -0.05) is 75.3 Å². The molecule has 8 heteroatoms. The topological polar surface area (TPSA) is 108 Å². The highest BCUT2D eigenvalue weighted by Crippen LogP contribution is 2.26. The molecule has 37 heavy (non-hydrogen) atoms. The van der Waals surface area contributed by atoms with E-state index in [-0.39, 0.29) is 5.91 Å². The number of carbonyl (C=O) groups is 3. The quantitative estimate of drug-likeness (QED) is 0.284. The van der Waals surface area contributed by atoms with E-state index in [2.05, 4.69) is 24.5 Å². The van der Waals surface area contributed by atoms with Gasteiger partial charge in [-0.25, -0.2) is 4.79 Å². The van der Waals surface area contributed by atoms with Crippen molar-refractivity contribution in [2.75, 3.05) is 19.7 Å². The van der Waals surface area contributed by atoms with E-state index in [0.717, 1.165) is 49.7 Å². The first-order valence-electron chi connectivity index (χ1n) is 13.7. The normalized spacial score (nSPS) is 13.0. The number of hydrogen-bond acceptors (Lipinski definition) is 5. The monoisotopic (exact) mass is 519 g/mol. The van der Waals surface area contributed by atoms with Crippen LogP contribution in [0.15, 0.2) is 18.2 Å². The molecule has 0 radical (unpaired) electrons. The van der Waals surface area contributed by atoms with Gasteiger partial charge in [0, 0.05) is 13.1 Å². The molecule has 0 spiro atoms. The van der Waals surface area contributed by atoms with Crippen LogP contribution in [0.25, 0.3) is 0 Å². The average molecular weight is 520 g/mol. The van der Waals surface area contributed by atoms with Crippen molar-refractivity contribution < 1.29 is 24.2 Å². The van der Waals surface area contributed by atoms with Gasteiger partial charge >= 0.3 is 6.09 Å². The van der Waals surface area contributed by atoms with Gasteiger partial charge in [0.1, 0.15) is 17.7 Å². The molecule has 0 aromatic heterocycles. The Morgan fingerprint density at radius 2 is 1.54 bits per heavy atom. The van der Waals surface area contributed by atoms with Gasteiger partial charge in [-0.3, -0.25) is 9.59 Å². The molecule has 1 rings (SSSR count). The Balaban J connectivity index is 3.39. The third kappa shape index (κ3) is 12.0. The van der Waals surface area contributed by atoms with Crippen LogP contribution in [0, 0.1) is 13.8 Å². The minimum atomic E-state index is -1.23. The molecule has 8 nitrogen and oxygen atoms in total. The summed E-state index contributed by atoms with van der Waals surface area (Å²) >= 11 is 0. The third-order valence-corrected chi connectivity index (χ3v) is 5.91. The summed E-state index contributed by atoms with van der Waals surface area (Å²) in [6.45, 7) is 13.5. The predicted molar refractivity (Wildman–Crippen MR) is 147 cm³/mol. The van der Waals surface area contributed by atoms with Crippen LogP contribution in [-0.2, 0) is 14.3 Å². The fourth-order valence-electron chi connectivity index (χ4n) is 4.23.